The number of thioether (sulfide) groups is 1. The number of carbonyl (C=O) groups is 1. The molecule has 3 atom stereocenters. The van der Waals surface area contributed by atoms with Crippen molar-refractivity contribution in [3.63, 3.8) is 0 Å². The topological polar surface area (TPSA) is 44.8 Å². The average Bonchev–Trinajstić information content (AvgIpc) is 2.38. The van der Waals surface area contributed by atoms with Gasteiger partial charge in [0.2, 0.25) is 4.38 Å². The van der Waals surface area contributed by atoms with E-state index >= 15 is 0 Å². The minimum absolute atomic E-state index is 0.120. The first-order valence-electron chi connectivity index (χ1n) is 6.13. The lowest BCUT2D eigenvalue weighted by Crippen LogP contribution is -2.41. The smallest absolute Gasteiger partial charge is 0.335 e. The van der Waals surface area contributed by atoms with Gasteiger partial charge in [0.15, 0.2) is 6.10 Å². The van der Waals surface area contributed by atoms with Gasteiger partial charge in [-0.05, 0) is 32.0 Å². The van der Waals surface area contributed by atoms with E-state index in [1.165, 1.54) is 18.9 Å². The predicted octanol–water partition coefficient (Wildman–Crippen LogP) is 2.40. The third-order valence-corrected chi connectivity index (χ3v) is 4.39. The fourth-order valence-electron chi connectivity index (χ4n) is 2.04. The molecule has 4 nitrogen and oxygen atoms in total. The summed E-state index contributed by atoms with van der Waals surface area (Å²) in [6, 6.07) is 0. The molecule has 0 aromatic rings. The first-order valence-corrected chi connectivity index (χ1v) is 7.41. The zero-order valence-corrected chi connectivity index (χ0v) is 12.6. The Labute approximate surface area is 118 Å². The monoisotopic (exact) mass is 292 g/mol. The Morgan fingerprint density at radius 1 is 1.61 bits per heavy atom. The molecular formula is C12H20O4S2. The molecule has 1 heterocycles. The summed E-state index contributed by atoms with van der Waals surface area (Å²) in [5.41, 5.74) is 0. The molecule has 0 spiro atoms. The van der Waals surface area contributed by atoms with Gasteiger partial charge in [0.25, 0.3) is 0 Å². The van der Waals surface area contributed by atoms with Gasteiger partial charge in [-0.3, -0.25) is 0 Å². The summed E-state index contributed by atoms with van der Waals surface area (Å²) in [7, 11) is 1.39. The summed E-state index contributed by atoms with van der Waals surface area (Å²) in [5.74, 6) is -0.177. The van der Waals surface area contributed by atoms with Crippen LogP contribution in [0.1, 0.15) is 26.7 Å². The van der Waals surface area contributed by atoms with Crippen molar-refractivity contribution in [3.05, 3.63) is 0 Å². The molecule has 104 valence electrons. The maximum atomic E-state index is 11.7. The zero-order chi connectivity index (χ0) is 13.5. The number of ether oxygens (including phenoxy) is 3. The Morgan fingerprint density at radius 2 is 2.33 bits per heavy atom. The molecule has 0 N–H and O–H groups in total. The first-order chi connectivity index (χ1) is 8.60. The summed E-state index contributed by atoms with van der Waals surface area (Å²) < 4.78 is 16.1. The molecule has 0 aromatic carbocycles. The normalized spacial score (nSPS) is 25.3. The summed E-state index contributed by atoms with van der Waals surface area (Å²) in [5, 5.41) is 0.174. The maximum absolute atomic E-state index is 11.7. The van der Waals surface area contributed by atoms with E-state index in [0.717, 1.165) is 12.8 Å². The van der Waals surface area contributed by atoms with E-state index in [-0.39, 0.29) is 17.1 Å². The number of thiocarbonyl (C=S) groups is 1. The van der Waals surface area contributed by atoms with Gasteiger partial charge in [-0.15, -0.1) is 0 Å². The van der Waals surface area contributed by atoms with Gasteiger partial charge < -0.3 is 14.2 Å². The van der Waals surface area contributed by atoms with Crippen LogP contribution >= 0.6 is 24.0 Å². The van der Waals surface area contributed by atoms with Crippen LogP contribution in [-0.4, -0.2) is 42.0 Å². The highest BCUT2D eigenvalue weighted by Gasteiger charge is 2.37. The van der Waals surface area contributed by atoms with Crippen molar-refractivity contribution >= 4 is 34.3 Å². The van der Waals surface area contributed by atoms with Crippen LogP contribution in [0.3, 0.4) is 0 Å². The van der Waals surface area contributed by atoms with Crippen LogP contribution in [-0.2, 0) is 19.0 Å². The summed E-state index contributed by atoms with van der Waals surface area (Å²) in [6.07, 6.45) is 1.43. The van der Waals surface area contributed by atoms with E-state index in [2.05, 4.69) is 0 Å². The molecule has 1 saturated heterocycles. The van der Waals surface area contributed by atoms with Crippen LogP contribution in [0.5, 0.6) is 0 Å². The first kappa shape index (κ1) is 15.7. The second-order valence-electron chi connectivity index (χ2n) is 4.13. The van der Waals surface area contributed by atoms with Crippen molar-refractivity contribution in [1.29, 1.82) is 0 Å². The molecule has 18 heavy (non-hydrogen) atoms. The number of carbonyl (C=O) groups excluding carboxylic acids is 1. The van der Waals surface area contributed by atoms with Crippen LogP contribution < -0.4 is 0 Å². The number of methoxy groups -OCH3 is 1. The van der Waals surface area contributed by atoms with Crippen molar-refractivity contribution in [3.8, 4) is 0 Å². The minimum Gasteiger partial charge on any atom is -0.479 e. The molecule has 0 aliphatic carbocycles. The van der Waals surface area contributed by atoms with Crippen molar-refractivity contribution in [2.24, 2.45) is 5.92 Å². The Balaban J connectivity index is 2.59. The van der Waals surface area contributed by atoms with Gasteiger partial charge in [-0.1, -0.05) is 18.7 Å². The van der Waals surface area contributed by atoms with Crippen LogP contribution in [0, 0.1) is 5.92 Å². The van der Waals surface area contributed by atoms with E-state index < -0.39 is 6.10 Å². The van der Waals surface area contributed by atoms with Crippen molar-refractivity contribution in [1.82, 2.24) is 0 Å². The highest BCUT2D eigenvalue weighted by molar-refractivity contribution is 8.23. The molecule has 1 aliphatic heterocycles. The molecule has 1 rings (SSSR count). The SMILES string of the molecule is CCOC(=S)SC(C)[C@H]1CCCO[C@@H]1C(=O)OC. The van der Waals surface area contributed by atoms with Crippen LogP contribution in [0.25, 0.3) is 0 Å². The van der Waals surface area contributed by atoms with E-state index in [1.54, 1.807) is 0 Å². The Hall–Kier alpha value is -0.330. The van der Waals surface area contributed by atoms with Gasteiger partial charge in [-0.2, -0.15) is 0 Å². The summed E-state index contributed by atoms with van der Waals surface area (Å²) in [4.78, 5) is 11.7. The van der Waals surface area contributed by atoms with Crippen molar-refractivity contribution in [2.45, 2.75) is 38.0 Å². The molecule has 0 radical (unpaired) electrons. The average molecular weight is 292 g/mol. The number of rotatable bonds is 4. The fourth-order valence-corrected chi connectivity index (χ4v) is 3.55. The highest BCUT2D eigenvalue weighted by atomic mass is 32.2. The summed E-state index contributed by atoms with van der Waals surface area (Å²) in [6.45, 7) is 5.13. The molecule has 1 aliphatic rings. The predicted molar refractivity (Wildman–Crippen MR) is 75.8 cm³/mol. The number of hydrogen-bond donors (Lipinski definition) is 0. The second-order valence-corrected chi connectivity index (χ2v) is 6.11. The minimum atomic E-state index is -0.476. The third kappa shape index (κ3) is 4.40. The quantitative estimate of drug-likeness (QED) is 0.585. The van der Waals surface area contributed by atoms with Gasteiger partial charge in [-0.25, -0.2) is 4.79 Å². The van der Waals surface area contributed by atoms with Gasteiger partial charge in [0, 0.05) is 17.8 Å². The van der Waals surface area contributed by atoms with E-state index in [4.69, 9.17) is 26.4 Å². The number of esters is 1. The Morgan fingerprint density at radius 3 is 2.94 bits per heavy atom. The number of hydrogen-bond acceptors (Lipinski definition) is 6. The molecule has 0 aromatic heterocycles. The second kappa shape index (κ2) is 7.96. The Kier molecular flexibility index (Phi) is 6.96. The summed E-state index contributed by atoms with van der Waals surface area (Å²) >= 11 is 6.60. The molecule has 0 amide bonds. The molecule has 6 heteroatoms. The van der Waals surface area contributed by atoms with Crippen molar-refractivity contribution in [2.75, 3.05) is 20.3 Å². The molecular weight excluding hydrogens is 272 g/mol. The Bertz CT molecular complexity index is 296. The fraction of sp³-hybridized carbons (Fsp3) is 0.833. The zero-order valence-electron chi connectivity index (χ0n) is 11.0. The molecule has 0 saturated carbocycles. The molecule has 1 unspecified atom stereocenters. The third-order valence-electron chi connectivity index (χ3n) is 2.95. The van der Waals surface area contributed by atoms with Gasteiger partial charge >= 0.3 is 5.97 Å². The van der Waals surface area contributed by atoms with Crippen molar-refractivity contribution < 1.29 is 19.0 Å². The largest absolute Gasteiger partial charge is 0.479 e. The van der Waals surface area contributed by atoms with E-state index in [1.807, 2.05) is 13.8 Å². The highest BCUT2D eigenvalue weighted by Crippen LogP contribution is 2.32. The molecule has 0 bridgehead atoms. The van der Waals surface area contributed by atoms with Crippen LogP contribution in [0.2, 0.25) is 0 Å². The van der Waals surface area contributed by atoms with Gasteiger partial charge in [0.1, 0.15) is 0 Å². The van der Waals surface area contributed by atoms with E-state index in [9.17, 15) is 4.79 Å². The lowest BCUT2D eigenvalue weighted by atomic mass is 9.91. The maximum Gasteiger partial charge on any atom is 0.335 e. The van der Waals surface area contributed by atoms with E-state index in [0.29, 0.717) is 17.6 Å². The van der Waals surface area contributed by atoms with Crippen LogP contribution in [0.15, 0.2) is 0 Å². The lowest BCUT2D eigenvalue weighted by molar-refractivity contribution is -0.161. The van der Waals surface area contributed by atoms with Crippen LogP contribution in [0.4, 0.5) is 0 Å². The standard InChI is InChI=1S/C12H20O4S2/c1-4-15-12(17)18-8(2)9-6-5-7-16-10(9)11(13)14-3/h8-10H,4-7H2,1-3H3/t8?,9-,10+/m1/s1. The molecule has 1 fully saturated rings. The van der Waals surface area contributed by atoms with Gasteiger partial charge in [0.05, 0.1) is 13.7 Å². The lowest BCUT2D eigenvalue weighted by Gasteiger charge is -2.33.